The Hall–Kier alpha value is -2.38. The van der Waals surface area contributed by atoms with Gasteiger partial charge in [0.1, 0.15) is 16.4 Å². The topological polar surface area (TPSA) is 42.4 Å². The second kappa shape index (κ2) is 11.4. The highest BCUT2D eigenvalue weighted by Crippen LogP contribution is 2.34. The smallest absolute Gasteiger partial charge is 0.416 e. The van der Waals surface area contributed by atoms with Crippen LogP contribution in [0.4, 0.5) is 13.2 Å². The zero-order valence-corrected chi connectivity index (χ0v) is 21.7. The van der Waals surface area contributed by atoms with Crippen LogP contribution in [0.3, 0.4) is 0 Å². The quantitative estimate of drug-likeness (QED) is 0.379. The third-order valence-electron chi connectivity index (χ3n) is 5.15. The molecule has 0 spiro atoms. The highest BCUT2D eigenvalue weighted by molar-refractivity contribution is 7.15. The molecule has 1 N–H and O–H groups in total. The monoisotopic (exact) mass is 493 g/mol. The molecular formula is C27H34F3NO2S. The molecule has 1 heterocycles. The molecule has 0 radical (unpaired) electrons. The lowest BCUT2D eigenvalue weighted by molar-refractivity contribution is -0.137. The lowest BCUT2D eigenvalue weighted by Crippen LogP contribution is -2.32. The Bertz CT molecular complexity index is 1070. The van der Waals surface area contributed by atoms with E-state index >= 15 is 0 Å². The summed E-state index contributed by atoms with van der Waals surface area (Å²) < 4.78 is 43.3. The third-order valence-corrected chi connectivity index (χ3v) is 6.42. The molecule has 1 aromatic heterocycles. The van der Waals surface area contributed by atoms with Crippen LogP contribution >= 0.6 is 11.3 Å². The van der Waals surface area contributed by atoms with Gasteiger partial charge in [-0.1, -0.05) is 50.6 Å². The molecule has 0 aliphatic carbocycles. The normalized spacial score (nSPS) is 11.9. The summed E-state index contributed by atoms with van der Waals surface area (Å²) in [7, 11) is 0. The van der Waals surface area contributed by atoms with Crippen molar-refractivity contribution in [3.05, 3.63) is 69.7 Å². The van der Waals surface area contributed by atoms with E-state index < -0.39 is 17.3 Å². The summed E-state index contributed by atoms with van der Waals surface area (Å²) in [4.78, 5) is 5.78. The van der Waals surface area contributed by atoms with E-state index in [2.05, 4.69) is 31.8 Å². The van der Waals surface area contributed by atoms with Crippen molar-refractivity contribution in [3.63, 3.8) is 0 Å². The minimum atomic E-state index is -4.29. The number of rotatable bonds is 6. The van der Waals surface area contributed by atoms with Crippen molar-refractivity contribution in [1.29, 1.82) is 0 Å². The van der Waals surface area contributed by atoms with E-state index in [4.69, 9.17) is 9.84 Å². The first-order chi connectivity index (χ1) is 15.8. The van der Waals surface area contributed by atoms with Gasteiger partial charge in [0.2, 0.25) is 0 Å². The largest absolute Gasteiger partial charge is 0.485 e. The van der Waals surface area contributed by atoms with Crippen molar-refractivity contribution in [2.24, 2.45) is 0 Å². The Labute approximate surface area is 204 Å². The molecule has 3 rings (SSSR count). The number of aryl methyl sites for hydroxylation is 3. The van der Waals surface area contributed by atoms with Gasteiger partial charge in [0.15, 0.2) is 0 Å². The first-order valence-electron chi connectivity index (χ1n) is 11.3. The highest BCUT2D eigenvalue weighted by Gasteiger charge is 2.30. The van der Waals surface area contributed by atoms with Crippen LogP contribution in [-0.2, 0) is 12.6 Å². The van der Waals surface area contributed by atoms with E-state index in [1.165, 1.54) is 22.6 Å². The molecular weight excluding hydrogens is 459 g/mol. The number of benzene rings is 2. The first-order valence-corrected chi connectivity index (χ1v) is 12.1. The molecule has 3 aromatic rings. The summed E-state index contributed by atoms with van der Waals surface area (Å²) >= 11 is 1.56. The zero-order chi connectivity index (χ0) is 25.7. The molecule has 34 heavy (non-hydrogen) atoms. The number of aliphatic hydroxyl groups excluding tert-OH is 1. The van der Waals surface area contributed by atoms with Gasteiger partial charge in [-0.05, 0) is 63.8 Å². The van der Waals surface area contributed by atoms with Crippen molar-refractivity contribution in [3.8, 4) is 16.3 Å². The summed E-state index contributed by atoms with van der Waals surface area (Å²) in [6, 6.07) is 11.2. The van der Waals surface area contributed by atoms with E-state index in [0.717, 1.165) is 46.1 Å². The predicted molar refractivity (Wildman–Crippen MR) is 134 cm³/mol. The molecule has 186 valence electrons. The maximum Gasteiger partial charge on any atom is 0.416 e. The SMILES string of the molecule is CCc1sc(-c2ccc(C(F)(F)F)cc2)nc1C(C)C.Cc1ccc(OC(C)(C)CO)c(C)c1. The molecule has 0 saturated heterocycles. The molecule has 0 aliphatic heterocycles. The van der Waals surface area contributed by atoms with Gasteiger partial charge >= 0.3 is 6.18 Å². The molecule has 0 amide bonds. The van der Waals surface area contributed by atoms with Gasteiger partial charge in [-0.25, -0.2) is 4.98 Å². The lowest BCUT2D eigenvalue weighted by Gasteiger charge is -2.25. The Morgan fingerprint density at radius 1 is 1.03 bits per heavy atom. The van der Waals surface area contributed by atoms with E-state index in [1.54, 1.807) is 11.3 Å². The van der Waals surface area contributed by atoms with Crippen molar-refractivity contribution in [2.45, 2.75) is 72.6 Å². The Morgan fingerprint density at radius 2 is 1.65 bits per heavy atom. The molecule has 2 aromatic carbocycles. The van der Waals surface area contributed by atoms with Gasteiger partial charge < -0.3 is 9.84 Å². The second-order valence-corrected chi connectivity index (χ2v) is 10.3. The molecule has 0 unspecified atom stereocenters. The van der Waals surface area contributed by atoms with E-state index in [-0.39, 0.29) is 6.61 Å². The zero-order valence-electron chi connectivity index (χ0n) is 20.9. The van der Waals surface area contributed by atoms with Crippen LogP contribution in [0.15, 0.2) is 42.5 Å². The predicted octanol–water partition coefficient (Wildman–Crippen LogP) is 7.97. The number of alkyl halides is 3. The van der Waals surface area contributed by atoms with E-state index in [1.807, 2.05) is 39.8 Å². The second-order valence-electron chi connectivity index (χ2n) is 9.20. The molecule has 0 aliphatic rings. The summed E-state index contributed by atoms with van der Waals surface area (Å²) in [6.07, 6.45) is -3.40. The van der Waals surface area contributed by atoms with Crippen LogP contribution in [0.25, 0.3) is 10.6 Å². The number of nitrogens with zero attached hydrogens (tertiary/aromatic N) is 1. The fourth-order valence-electron chi connectivity index (χ4n) is 3.24. The maximum atomic E-state index is 12.5. The van der Waals surface area contributed by atoms with Crippen LogP contribution < -0.4 is 4.74 Å². The third kappa shape index (κ3) is 7.57. The lowest BCUT2D eigenvalue weighted by atomic mass is 10.1. The van der Waals surface area contributed by atoms with Crippen molar-refractivity contribution in [1.82, 2.24) is 4.98 Å². The van der Waals surface area contributed by atoms with E-state index in [9.17, 15) is 13.2 Å². The molecule has 7 heteroatoms. The van der Waals surface area contributed by atoms with Gasteiger partial charge in [0.05, 0.1) is 17.9 Å². The molecule has 0 saturated carbocycles. The van der Waals surface area contributed by atoms with Gasteiger partial charge in [-0.15, -0.1) is 11.3 Å². The number of hydrogen-bond acceptors (Lipinski definition) is 4. The minimum absolute atomic E-state index is 0.0142. The average molecular weight is 494 g/mol. The van der Waals surface area contributed by atoms with Crippen molar-refractivity contribution < 1.29 is 23.0 Å². The van der Waals surface area contributed by atoms with Gasteiger partial charge in [0, 0.05) is 10.4 Å². The van der Waals surface area contributed by atoms with Gasteiger partial charge in [0.25, 0.3) is 0 Å². The van der Waals surface area contributed by atoms with Crippen LogP contribution in [0, 0.1) is 13.8 Å². The standard InChI is InChI=1S/C15H16F3NS.C12H18O2/c1-4-12-13(9(2)3)19-14(20-12)10-5-7-11(8-6-10)15(16,17)18;1-9-5-6-11(10(2)7-9)14-12(3,4)8-13/h5-9H,4H2,1-3H3;5-7,13H,8H2,1-4H3. The summed E-state index contributed by atoms with van der Waals surface area (Å²) in [6.45, 7) is 14.0. The Balaban J connectivity index is 0.000000257. The number of hydrogen-bond donors (Lipinski definition) is 1. The fraction of sp³-hybridized carbons (Fsp3) is 0.444. The summed E-state index contributed by atoms with van der Waals surface area (Å²) in [5.74, 6) is 1.17. The molecule has 3 nitrogen and oxygen atoms in total. The fourth-order valence-corrected chi connectivity index (χ4v) is 4.40. The minimum Gasteiger partial charge on any atom is -0.485 e. The Morgan fingerprint density at radius 3 is 2.09 bits per heavy atom. The first kappa shape index (κ1) is 27.9. The summed E-state index contributed by atoms with van der Waals surface area (Å²) in [5, 5.41) is 9.87. The number of halogens is 3. The number of thiazole rings is 1. The van der Waals surface area contributed by atoms with Crippen LogP contribution in [0.1, 0.15) is 67.8 Å². The molecule has 0 fully saturated rings. The average Bonchev–Trinajstić information content (AvgIpc) is 3.21. The van der Waals surface area contributed by atoms with Crippen LogP contribution in [-0.4, -0.2) is 22.3 Å². The Kier molecular flexibility index (Phi) is 9.31. The van der Waals surface area contributed by atoms with E-state index in [0.29, 0.717) is 5.92 Å². The highest BCUT2D eigenvalue weighted by atomic mass is 32.1. The number of aromatic nitrogens is 1. The molecule has 0 bridgehead atoms. The van der Waals surface area contributed by atoms with Gasteiger partial charge in [-0.2, -0.15) is 13.2 Å². The number of ether oxygens (including phenoxy) is 1. The van der Waals surface area contributed by atoms with Crippen LogP contribution in [0.2, 0.25) is 0 Å². The van der Waals surface area contributed by atoms with Gasteiger partial charge in [-0.3, -0.25) is 0 Å². The maximum absolute atomic E-state index is 12.5. The molecule has 0 atom stereocenters. The van der Waals surface area contributed by atoms with Crippen LogP contribution in [0.5, 0.6) is 5.75 Å². The summed E-state index contributed by atoms with van der Waals surface area (Å²) in [5.41, 5.74) is 2.97. The number of aliphatic hydroxyl groups is 1. The van der Waals surface area contributed by atoms with Crippen molar-refractivity contribution in [2.75, 3.05) is 6.61 Å². The van der Waals surface area contributed by atoms with Crippen molar-refractivity contribution >= 4 is 11.3 Å².